The van der Waals surface area contributed by atoms with Crippen molar-refractivity contribution in [2.45, 2.75) is 31.5 Å². The van der Waals surface area contributed by atoms with E-state index in [1.807, 2.05) is 0 Å². The molecule has 3 N–H and O–H groups in total. The summed E-state index contributed by atoms with van der Waals surface area (Å²) in [5, 5.41) is 20.8. The number of hydrogen-bond donors (Lipinski definition) is 2. The van der Waals surface area contributed by atoms with Gasteiger partial charge in [0.05, 0.1) is 36.1 Å². The minimum atomic E-state index is -0.579. The monoisotopic (exact) mass is 386 g/mol. The number of rotatable bonds is 6. The standard InChI is InChI=1S/C17H18N6O5/c18-16-15-17(20-8-19-16)22(9-21-15)14-5-12(13(6-24)28-14)27-7-10-3-1-2-4-11(10)23(25)26/h1-4,8-9,12-14,24H,5-7H2,(H2,18,19,20)/t12-,13+,14+/m1/s1. The molecule has 146 valence electrons. The van der Waals surface area contributed by atoms with Gasteiger partial charge in [0, 0.05) is 12.5 Å². The van der Waals surface area contributed by atoms with Gasteiger partial charge in [0.2, 0.25) is 0 Å². The first-order valence-corrected chi connectivity index (χ1v) is 8.61. The Labute approximate surface area is 158 Å². The summed E-state index contributed by atoms with van der Waals surface area (Å²) in [7, 11) is 0. The number of nitro benzene ring substituents is 1. The van der Waals surface area contributed by atoms with E-state index in [-0.39, 0.29) is 24.7 Å². The van der Waals surface area contributed by atoms with Gasteiger partial charge in [-0.15, -0.1) is 0 Å². The average Bonchev–Trinajstić information content (AvgIpc) is 3.31. The number of nitrogens with zero attached hydrogens (tertiary/aromatic N) is 5. The summed E-state index contributed by atoms with van der Waals surface area (Å²) >= 11 is 0. The SMILES string of the molecule is Nc1ncnc2c1ncn2[C@@H]1C[C@@H](OCc2ccccc2[N+](=O)[O-])[C@H](CO)O1. The molecule has 1 fully saturated rings. The predicted molar refractivity (Wildman–Crippen MR) is 97.0 cm³/mol. The van der Waals surface area contributed by atoms with Gasteiger partial charge in [-0.25, -0.2) is 15.0 Å². The molecule has 1 aliphatic heterocycles. The molecule has 11 nitrogen and oxygen atoms in total. The lowest BCUT2D eigenvalue weighted by Gasteiger charge is -2.16. The van der Waals surface area contributed by atoms with Crippen molar-refractivity contribution < 1.29 is 19.5 Å². The molecule has 1 aromatic carbocycles. The van der Waals surface area contributed by atoms with Crippen LogP contribution in [0.5, 0.6) is 0 Å². The summed E-state index contributed by atoms with van der Waals surface area (Å²) in [5.74, 6) is 0.268. The highest BCUT2D eigenvalue weighted by molar-refractivity contribution is 5.81. The smallest absolute Gasteiger partial charge is 0.274 e. The highest BCUT2D eigenvalue weighted by Crippen LogP contribution is 2.33. The van der Waals surface area contributed by atoms with Gasteiger partial charge in [-0.05, 0) is 6.07 Å². The van der Waals surface area contributed by atoms with Crippen molar-refractivity contribution in [2.24, 2.45) is 0 Å². The molecule has 0 spiro atoms. The number of para-hydroxylation sites is 1. The first-order chi connectivity index (χ1) is 13.6. The summed E-state index contributed by atoms with van der Waals surface area (Å²) in [4.78, 5) is 23.0. The fourth-order valence-corrected chi connectivity index (χ4v) is 3.30. The number of nitrogens with two attached hydrogens (primary N) is 1. The summed E-state index contributed by atoms with van der Waals surface area (Å²) in [6, 6.07) is 6.38. The van der Waals surface area contributed by atoms with Crippen LogP contribution in [0.3, 0.4) is 0 Å². The Bertz CT molecular complexity index is 1010. The van der Waals surface area contributed by atoms with E-state index >= 15 is 0 Å². The van der Waals surface area contributed by atoms with Gasteiger partial charge >= 0.3 is 0 Å². The molecular formula is C17H18N6O5. The number of imidazole rings is 1. The number of nitro groups is 1. The largest absolute Gasteiger partial charge is 0.394 e. The zero-order chi connectivity index (χ0) is 19.7. The summed E-state index contributed by atoms with van der Waals surface area (Å²) < 4.78 is 13.5. The number of ether oxygens (including phenoxy) is 2. The highest BCUT2D eigenvalue weighted by Gasteiger charge is 2.37. The van der Waals surface area contributed by atoms with Gasteiger partial charge < -0.3 is 20.3 Å². The van der Waals surface area contributed by atoms with Gasteiger partial charge in [-0.1, -0.05) is 12.1 Å². The highest BCUT2D eigenvalue weighted by atomic mass is 16.6. The molecule has 3 aromatic rings. The molecule has 0 aliphatic carbocycles. The molecule has 28 heavy (non-hydrogen) atoms. The van der Waals surface area contributed by atoms with E-state index in [0.717, 1.165) is 0 Å². The number of hydrogen-bond acceptors (Lipinski definition) is 9. The molecule has 4 rings (SSSR count). The van der Waals surface area contributed by atoms with Gasteiger partial charge in [-0.3, -0.25) is 14.7 Å². The molecular weight excluding hydrogens is 368 g/mol. The van der Waals surface area contributed by atoms with Gasteiger partial charge in [0.1, 0.15) is 24.2 Å². The molecule has 0 bridgehead atoms. The fourth-order valence-electron chi connectivity index (χ4n) is 3.30. The van der Waals surface area contributed by atoms with E-state index in [9.17, 15) is 15.2 Å². The Hall–Kier alpha value is -3.15. The van der Waals surface area contributed by atoms with Crippen molar-refractivity contribution in [1.82, 2.24) is 19.5 Å². The van der Waals surface area contributed by atoms with E-state index in [0.29, 0.717) is 23.1 Å². The second-order valence-electron chi connectivity index (χ2n) is 6.37. The summed E-state index contributed by atoms with van der Waals surface area (Å²) in [6.45, 7) is -0.212. The van der Waals surface area contributed by atoms with E-state index < -0.39 is 23.4 Å². The third-order valence-corrected chi connectivity index (χ3v) is 4.70. The van der Waals surface area contributed by atoms with Crippen LogP contribution in [0.4, 0.5) is 11.5 Å². The maximum atomic E-state index is 11.2. The number of fused-ring (bicyclic) bond motifs is 1. The quantitative estimate of drug-likeness (QED) is 0.470. The first kappa shape index (κ1) is 18.2. The summed E-state index contributed by atoms with van der Waals surface area (Å²) in [6.07, 6.45) is 1.82. The minimum absolute atomic E-state index is 0.00806. The Morgan fingerprint density at radius 3 is 2.96 bits per heavy atom. The average molecular weight is 386 g/mol. The van der Waals surface area contributed by atoms with Crippen LogP contribution in [0.1, 0.15) is 18.2 Å². The molecule has 3 atom stereocenters. The Morgan fingerprint density at radius 1 is 1.36 bits per heavy atom. The lowest BCUT2D eigenvalue weighted by atomic mass is 10.1. The van der Waals surface area contributed by atoms with E-state index in [1.165, 1.54) is 12.4 Å². The maximum absolute atomic E-state index is 11.2. The zero-order valence-electron chi connectivity index (χ0n) is 14.7. The Balaban J connectivity index is 1.52. The van der Waals surface area contributed by atoms with Crippen molar-refractivity contribution >= 4 is 22.7 Å². The van der Waals surface area contributed by atoms with Crippen LogP contribution < -0.4 is 5.73 Å². The number of nitrogen functional groups attached to an aromatic ring is 1. The molecule has 1 aliphatic rings. The molecule has 2 aromatic heterocycles. The van der Waals surface area contributed by atoms with Crippen molar-refractivity contribution in [3.63, 3.8) is 0 Å². The normalized spacial score (nSPS) is 22.0. The molecule has 11 heteroatoms. The molecule has 0 unspecified atom stereocenters. The molecule has 0 amide bonds. The lowest BCUT2D eigenvalue weighted by molar-refractivity contribution is -0.386. The van der Waals surface area contributed by atoms with Crippen molar-refractivity contribution in [1.29, 1.82) is 0 Å². The van der Waals surface area contributed by atoms with E-state index in [4.69, 9.17) is 15.2 Å². The van der Waals surface area contributed by atoms with Crippen LogP contribution in [-0.4, -0.2) is 48.4 Å². The van der Waals surface area contributed by atoms with Gasteiger partial charge in [-0.2, -0.15) is 0 Å². The lowest BCUT2D eigenvalue weighted by Crippen LogP contribution is -2.27. The topological polar surface area (TPSA) is 151 Å². The van der Waals surface area contributed by atoms with Crippen LogP contribution >= 0.6 is 0 Å². The van der Waals surface area contributed by atoms with Crippen molar-refractivity contribution in [3.8, 4) is 0 Å². The maximum Gasteiger partial charge on any atom is 0.274 e. The third kappa shape index (κ3) is 3.26. The molecule has 1 saturated heterocycles. The first-order valence-electron chi connectivity index (χ1n) is 8.61. The number of anilines is 1. The third-order valence-electron chi connectivity index (χ3n) is 4.70. The van der Waals surface area contributed by atoms with Crippen molar-refractivity contribution in [3.05, 3.63) is 52.6 Å². The molecule has 0 radical (unpaired) electrons. The minimum Gasteiger partial charge on any atom is -0.394 e. The van der Waals surface area contributed by atoms with E-state index in [1.54, 1.807) is 29.1 Å². The van der Waals surface area contributed by atoms with Crippen LogP contribution in [-0.2, 0) is 16.1 Å². The Morgan fingerprint density at radius 2 is 2.18 bits per heavy atom. The number of aromatic nitrogens is 4. The predicted octanol–water partition coefficient (Wildman–Crippen LogP) is 1.18. The summed E-state index contributed by atoms with van der Waals surface area (Å²) in [5.41, 5.74) is 7.25. The van der Waals surface area contributed by atoms with Crippen LogP contribution in [0.15, 0.2) is 36.9 Å². The second-order valence-corrected chi connectivity index (χ2v) is 6.37. The zero-order valence-corrected chi connectivity index (χ0v) is 14.7. The van der Waals surface area contributed by atoms with Crippen LogP contribution in [0.25, 0.3) is 11.2 Å². The molecule has 0 saturated carbocycles. The Kier molecular flexibility index (Phi) is 4.86. The van der Waals surface area contributed by atoms with Gasteiger partial charge in [0.25, 0.3) is 5.69 Å². The number of benzene rings is 1. The van der Waals surface area contributed by atoms with Gasteiger partial charge in [0.15, 0.2) is 11.5 Å². The fraction of sp³-hybridized carbons (Fsp3) is 0.353. The number of aliphatic hydroxyl groups excluding tert-OH is 1. The van der Waals surface area contributed by atoms with Crippen LogP contribution in [0, 0.1) is 10.1 Å². The van der Waals surface area contributed by atoms with E-state index in [2.05, 4.69) is 15.0 Å². The molecule has 3 heterocycles. The number of aliphatic hydroxyl groups is 1. The second kappa shape index (κ2) is 7.46. The van der Waals surface area contributed by atoms with Crippen molar-refractivity contribution in [2.75, 3.05) is 12.3 Å². The van der Waals surface area contributed by atoms with Crippen LogP contribution in [0.2, 0.25) is 0 Å².